The highest BCUT2D eigenvalue weighted by molar-refractivity contribution is 5.78. The van der Waals surface area contributed by atoms with Crippen LogP contribution < -0.4 is 10.6 Å². The van der Waals surface area contributed by atoms with E-state index in [2.05, 4.69) is 39.8 Å². The monoisotopic (exact) mass is 289 g/mol. The Kier molecular flexibility index (Phi) is 4.87. The van der Waals surface area contributed by atoms with Gasteiger partial charge in [-0.3, -0.25) is 4.90 Å². The summed E-state index contributed by atoms with van der Waals surface area (Å²) in [5.74, 6) is 1.03. The number of aliphatic hydroxyl groups is 1. The Morgan fingerprint density at radius 3 is 2.90 bits per heavy atom. The van der Waals surface area contributed by atoms with Gasteiger partial charge >= 0.3 is 0 Å². The largest absolute Gasteiger partial charge is 0.460 e. The van der Waals surface area contributed by atoms with Crippen LogP contribution in [0, 0.1) is 0 Å². The average molecular weight is 289 g/mol. The van der Waals surface area contributed by atoms with Crippen molar-refractivity contribution in [1.82, 2.24) is 15.5 Å². The summed E-state index contributed by atoms with van der Waals surface area (Å²) >= 11 is 0. The molecule has 0 radical (unpaired) electrons. The maximum atomic E-state index is 8.78. The third-order valence-corrected chi connectivity index (χ3v) is 3.84. The number of nitrogens with zero attached hydrogens (tertiary/aromatic N) is 1. The third-order valence-electron chi connectivity index (χ3n) is 3.84. The summed E-state index contributed by atoms with van der Waals surface area (Å²) in [6, 6.07) is 8.44. The zero-order chi connectivity index (χ0) is 14.5. The van der Waals surface area contributed by atoms with Gasteiger partial charge in [0.05, 0.1) is 13.2 Å². The molecule has 0 saturated carbocycles. The van der Waals surface area contributed by atoms with Crippen molar-refractivity contribution in [1.29, 1.82) is 0 Å². The van der Waals surface area contributed by atoms with Crippen molar-refractivity contribution in [2.75, 3.05) is 39.3 Å². The van der Waals surface area contributed by atoms with Crippen LogP contribution in [0.1, 0.15) is 11.3 Å². The molecule has 0 bridgehead atoms. The van der Waals surface area contributed by atoms with Crippen LogP contribution in [0.4, 0.5) is 0 Å². The van der Waals surface area contributed by atoms with Crippen LogP contribution in [0.25, 0.3) is 11.0 Å². The molecule has 3 rings (SSSR count). The molecule has 1 fully saturated rings. The minimum absolute atomic E-state index is 0.165. The van der Waals surface area contributed by atoms with E-state index in [4.69, 9.17) is 9.52 Å². The molecule has 0 spiro atoms. The Labute approximate surface area is 124 Å². The molecule has 5 nitrogen and oxygen atoms in total. The summed E-state index contributed by atoms with van der Waals surface area (Å²) in [6.07, 6.45) is 0. The summed E-state index contributed by atoms with van der Waals surface area (Å²) in [7, 11) is 0. The number of rotatable bonds is 6. The van der Waals surface area contributed by atoms with Crippen molar-refractivity contribution < 1.29 is 9.52 Å². The zero-order valence-corrected chi connectivity index (χ0v) is 12.3. The van der Waals surface area contributed by atoms with Crippen molar-refractivity contribution in [2.24, 2.45) is 0 Å². The predicted octanol–water partition coefficient (Wildman–Crippen LogP) is 0.920. The van der Waals surface area contributed by atoms with Crippen molar-refractivity contribution in [3.05, 3.63) is 35.6 Å². The van der Waals surface area contributed by atoms with Gasteiger partial charge in [-0.2, -0.15) is 0 Å². The maximum Gasteiger partial charge on any atom is 0.134 e. The van der Waals surface area contributed by atoms with Crippen LogP contribution in [-0.2, 0) is 13.1 Å². The Balaban J connectivity index is 1.67. The van der Waals surface area contributed by atoms with Crippen LogP contribution in [0.15, 0.2) is 28.7 Å². The van der Waals surface area contributed by atoms with Gasteiger partial charge in [0.15, 0.2) is 0 Å². The Morgan fingerprint density at radius 1 is 1.24 bits per heavy atom. The number of furan rings is 1. The number of aliphatic hydroxyl groups excluding tert-OH is 1. The van der Waals surface area contributed by atoms with Crippen LogP contribution in [0.5, 0.6) is 0 Å². The van der Waals surface area contributed by atoms with Crippen molar-refractivity contribution in [2.45, 2.75) is 13.1 Å². The molecule has 1 aliphatic heterocycles. The summed E-state index contributed by atoms with van der Waals surface area (Å²) in [6.45, 7) is 6.68. The molecule has 0 unspecified atom stereocenters. The number of hydrogen-bond donors (Lipinski definition) is 3. The number of benzene rings is 1. The van der Waals surface area contributed by atoms with Gasteiger partial charge in [0.1, 0.15) is 11.3 Å². The van der Waals surface area contributed by atoms with E-state index in [1.165, 1.54) is 5.56 Å². The second kappa shape index (κ2) is 7.04. The third kappa shape index (κ3) is 3.83. The number of piperazine rings is 1. The van der Waals surface area contributed by atoms with Gasteiger partial charge in [-0.25, -0.2) is 0 Å². The molecule has 0 atom stereocenters. The van der Waals surface area contributed by atoms with Gasteiger partial charge in [0.25, 0.3) is 0 Å². The second-order valence-corrected chi connectivity index (χ2v) is 5.51. The molecular formula is C16H23N3O2. The molecular weight excluding hydrogens is 266 g/mol. The molecule has 1 saturated heterocycles. The summed E-state index contributed by atoms with van der Waals surface area (Å²) in [5, 5.41) is 16.5. The molecule has 1 aromatic heterocycles. The summed E-state index contributed by atoms with van der Waals surface area (Å²) in [4.78, 5) is 2.41. The van der Waals surface area contributed by atoms with Crippen LogP contribution in [-0.4, -0.2) is 49.3 Å². The molecule has 1 aliphatic rings. The van der Waals surface area contributed by atoms with Gasteiger partial charge < -0.3 is 20.2 Å². The van der Waals surface area contributed by atoms with Gasteiger partial charge in [0, 0.05) is 44.7 Å². The van der Waals surface area contributed by atoms with Crippen LogP contribution >= 0.6 is 0 Å². The quantitative estimate of drug-likeness (QED) is 0.690. The first-order chi connectivity index (χ1) is 10.3. The lowest BCUT2D eigenvalue weighted by Crippen LogP contribution is -2.42. The van der Waals surface area contributed by atoms with E-state index in [1.54, 1.807) is 0 Å². The van der Waals surface area contributed by atoms with E-state index in [9.17, 15) is 0 Å². The molecule has 0 amide bonds. The lowest BCUT2D eigenvalue weighted by atomic mass is 10.1. The first-order valence-electron chi connectivity index (χ1n) is 7.61. The maximum absolute atomic E-state index is 8.78. The van der Waals surface area contributed by atoms with Crippen LogP contribution in [0.2, 0.25) is 0 Å². The Hall–Kier alpha value is -1.40. The van der Waals surface area contributed by atoms with Gasteiger partial charge in [0.2, 0.25) is 0 Å². The van der Waals surface area contributed by atoms with E-state index in [1.807, 2.05) is 0 Å². The highest BCUT2D eigenvalue weighted by Crippen LogP contribution is 2.22. The normalized spacial score (nSPS) is 16.6. The smallest absolute Gasteiger partial charge is 0.134 e. The van der Waals surface area contributed by atoms with Crippen molar-refractivity contribution in [3.8, 4) is 0 Å². The fourth-order valence-electron chi connectivity index (χ4n) is 2.72. The fourth-order valence-corrected chi connectivity index (χ4v) is 2.72. The number of fused-ring (bicyclic) bond motifs is 1. The van der Waals surface area contributed by atoms with Crippen LogP contribution in [0.3, 0.4) is 0 Å². The minimum atomic E-state index is 0.165. The number of nitrogens with one attached hydrogen (secondary N) is 2. The van der Waals surface area contributed by atoms with Crippen molar-refractivity contribution >= 4 is 11.0 Å². The van der Waals surface area contributed by atoms with E-state index in [0.29, 0.717) is 6.54 Å². The molecule has 2 heterocycles. The van der Waals surface area contributed by atoms with Crippen molar-refractivity contribution in [3.63, 3.8) is 0 Å². The fraction of sp³-hybridized carbons (Fsp3) is 0.500. The second-order valence-electron chi connectivity index (χ2n) is 5.51. The number of hydrogen-bond acceptors (Lipinski definition) is 5. The molecule has 0 aliphatic carbocycles. The Bertz CT molecular complexity index is 576. The summed E-state index contributed by atoms with van der Waals surface area (Å²) < 4.78 is 5.98. The SMILES string of the molecule is OCCNCc1ccc2cc(CN3CCNCC3)oc2c1. The minimum Gasteiger partial charge on any atom is -0.460 e. The zero-order valence-electron chi connectivity index (χ0n) is 12.3. The van der Waals surface area contributed by atoms with Gasteiger partial charge in [-0.1, -0.05) is 12.1 Å². The molecule has 1 aromatic carbocycles. The lowest BCUT2D eigenvalue weighted by molar-refractivity contribution is 0.218. The molecule has 21 heavy (non-hydrogen) atoms. The first kappa shape index (κ1) is 14.5. The van der Waals surface area contributed by atoms with E-state index >= 15 is 0 Å². The van der Waals surface area contributed by atoms with E-state index in [0.717, 1.165) is 56.0 Å². The lowest BCUT2D eigenvalue weighted by Gasteiger charge is -2.26. The highest BCUT2D eigenvalue weighted by atomic mass is 16.3. The molecule has 5 heteroatoms. The van der Waals surface area contributed by atoms with Gasteiger partial charge in [-0.05, 0) is 17.7 Å². The summed E-state index contributed by atoms with van der Waals surface area (Å²) in [5.41, 5.74) is 2.13. The predicted molar refractivity (Wildman–Crippen MR) is 83.2 cm³/mol. The molecule has 114 valence electrons. The standard InChI is InChI=1S/C16H23N3O2/c20-8-5-18-11-13-1-2-14-10-15(21-16(14)9-13)12-19-6-3-17-4-7-19/h1-2,9-10,17-18,20H,3-8,11-12H2. The van der Waals surface area contributed by atoms with E-state index in [-0.39, 0.29) is 6.61 Å². The van der Waals surface area contributed by atoms with Gasteiger partial charge in [-0.15, -0.1) is 0 Å². The molecule has 2 aromatic rings. The topological polar surface area (TPSA) is 60.7 Å². The average Bonchev–Trinajstić information content (AvgIpc) is 2.90. The first-order valence-corrected chi connectivity index (χ1v) is 7.61. The Morgan fingerprint density at radius 2 is 2.10 bits per heavy atom. The highest BCUT2D eigenvalue weighted by Gasteiger charge is 2.12. The molecule has 3 N–H and O–H groups in total. The van der Waals surface area contributed by atoms with E-state index < -0.39 is 0 Å².